The summed E-state index contributed by atoms with van der Waals surface area (Å²) in [7, 11) is -2.26. The molecule has 3 N–H and O–H groups in total. The lowest BCUT2D eigenvalue weighted by Gasteiger charge is -2.15. The predicted molar refractivity (Wildman–Crippen MR) is 104 cm³/mol. The number of carbonyl (C=O) groups is 1. The van der Waals surface area contributed by atoms with Crippen LogP contribution in [0.5, 0.6) is 5.75 Å². The number of hydrogen-bond acceptors (Lipinski definition) is 5. The van der Waals surface area contributed by atoms with E-state index in [1.54, 1.807) is 30.3 Å². The van der Waals surface area contributed by atoms with Gasteiger partial charge in [-0.05, 0) is 49.7 Å². The number of sulfonamides is 1. The molecule has 1 aliphatic rings. The lowest BCUT2D eigenvalue weighted by atomic mass is 10.1. The van der Waals surface area contributed by atoms with Gasteiger partial charge in [-0.15, -0.1) is 0 Å². The van der Waals surface area contributed by atoms with Gasteiger partial charge >= 0.3 is 0 Å². The van der Waals surface area contributed by atoms with Crippen molar-refractivity contribution in [3.8, 4) is 5.75 Å². The smallest absolute Gasteiger partial charge is 0.261 e. The van der Waals surface area contributed by atoms with E-state index in [9.17, 15) is 13.2 Å². The number of ether oxygens (including phenoxy) is 1. The third kappa shape index (κ3) is 4.78. The van der Waals surface area contributed by atoms with Gasteiger partial charge in [0, 0.05) is 18.3 Å². The van der Waals surface area contributed by atoms with E-state index in [1.165, 1.54) is 25.3 Å². The molecule has 27 heavy (non-hydrogen) atoms. The summed E-state index contributed by atoms with van der Waals surface area (Å²) in [4.78, 5) is 12.7. The molecule has 0 aliphatic carbocycles. The zero-order valence-electron chi connectivity index (χ0n) is 15.1. The topological polar surface area (TPSA) is 96.5 Å². The van der Waals surface area contributed by atoms with Crippen LogP contribution in [-0.2, 0) is 10.0 Å². The molecule has 0 radical (unpaired) electrons. The Kier molecular flexibility index (Phi) is 5.98. The van der Waals surface area contributed by atoms with E-state index in [-0.39, 0.29) is 22.4 Å². The second-order valence-corrected chi connectivity index (χ2v) is 8.02. The average molecular weight is 389 g/mol. The van der Waals surface area contributed by atoms with E-state index >= 15 is 0 Å². The molecule has 144 valence electrons. The standard InChI is InChI=1S/C19H23N3O4S/c1-26-18-10-9-14(22-27(24,25)16-7-3-2-4-8-16)12-17(18)19(23)21-13-15-6-5-11-20-15/h2-4,7-10,12,15,20,22H,5-6,11,13H2,1H3,(H,21,23). The van der Waals surface area contributed by atoms with Crippen LogP contribution in [0.25, 0.3) is 0 Å². The Hall–Kier alpha value is -2.58. The summed E-state index contributed by atoms with van der Waals surface area (Å²) in [5, 5.41) is 6.19. The van der Waals surface area contributed by atoms with Gasteiger partial charge in [0.2, 0.25) is 0 Å². The predicted octanol–water partition coefficient (Wildman–Crippen LogP) is 1.98. The quantitative estimate of drug-likeness (QED) is 0.673. The minimum atomic E-state index is -3.73. The van der Waals surface area contributed by atoms with Crippen LogP contribution in [0.3, 0.4) is 0 Å². The van der Waals surface area contributed by atoms with Crippen LogP contribution in [0.15, 0.2) is 53.4 Å². The highest BCUT2D eigenvalue weighted by Gasteiger charge is 2.19. The van der Waals surface area contributed by atoms with Crippen LogP contribution < -0.4 is 20.1 Å². The molecule has 1 saturated heterocycles. The van der Waals surface area contributed by atoms with Crippen LogP contribution in [0.4, 0.5) is 5.69 Å². The van der Waals surface area contributed by atoms with Crippen LogP contribution in [0.2, 0.25) is 0 Å². The van der Waals surface area contributed by atoms with Crippen molar-refractivity contribution in [1.82, 2.24) is 10.6 Å². The molecule has 2 aromatic rings. The van der Waals surface area contributed by atoms with Gasteiger partial charge in [0.25, 0.3) is 15.9 Å². The van der Waals surface area contributed by atoms with E-state index in [2.05, 4.69) is 15.4 Å². The SMILES string of the molecule is COc1ccc(NS(=O)(=O)c2ccccc2)cc1C(=O)NCC1CCCN1. The van der Waals surface area contributed by atoms with Gasteiger partial charge in [0.1, 0.15) is 5.75 Å². The van der Waals surface area contributed by atoms with Gasteiger partial charge in [0.15, 0.2) is 0 Å². The third-order valence-electron chi connectivity index (χ3n) is 4.42. The van der Waals surface area contributed by atoms with Gasteiger partial charge < -0.3 is 15.4 Å². The Labute approximate surface area is 159 Å². The van der Waals surface area contributed by atoms with Crippen LogP contribution in [0.1, 0.15) is 23.2 Å². The van der Waals surface area contributed by atoms with Crippen LogP contribution >= 0.6 is 0 Å². The molecule has 3 rings (SSSR count). The van der Waals surface area contributed by atoms with E-state index in [0.29, 0.717) is 18.0 Å². The summed E-state index contributed by atoms with van der Waals surface area (Å²) in [6.07, 6.45) is 2.12. The fourth-order valence-electron chi connectivity index (χ4n) is 3.00. The molecule has 0 aromatic heterocycles. The number of hydrogen-bond donors (Lipinski definition) is 3. The minimum Gasteiger partial charge on any atom is -0.496 e. The van der Waals surface area contributed by atoms with E-state index < -0.39 is 10.0 Å². The van der Waals surface area contributed by atoms with E-state index in [1.807, 2.05) is 0 Å². The van der Waals surface area contributed by atoms with Gasteiger partial charge in [-0.3, -0.25) is 9.52 Å². The second-order valence-electron chi connectivity index (χ2n) is 6.34. The molecule has 7 nitrogen and oxygen atoms in total. The molecule has 0 bridgehead atoms. The molecule has 1 amide bonds. The first-order valence-corrected chi connectivity index (χ1v) is 10.3. The Morgan fingerprint density at radius 3 is 2.67 bits per heavy atom. The number of methoxy groups -OCH3 is 1. The lowest BCUT2D eigenvalue weighted by molar-refractivity contribution is 0.0947. The van der Waals surface area contributed by atoms with Crippen molar-refractivity contribution < 1.29 is 17.9 Å². The van der Waals surface area contributed by atoms with Crippen molar-refractivity contribution >= 4 is 21.6 Å². The monoisotopic (exact) mass is 389 g/mol. The fourth-order valence-corrected chi connectivity index (χ4v) is 4.08. The molecule has 8 heteroatoms. The van der Waals surface area contributed by atoms with E-state index in [4.69, 9.17) is 4.74 Å². The van der Waals surface area contributed by atoms with Crippen molar-refractivity contribution in [2.45, 2.75) is 23.8 Å². The number of anilines is 1. The first-order valence-electron chi connectivity index (χ1n) is 8.77. The Balaban J connectivity index is 1.77. The molecular weight excluding hydrogens is 366 g/mol. The van der Waals surface area contributed by atoms with Crippen molar-refractivity contribution in [1.29, 1.82) is 0 Å². The summed E-state index contributed by atoms with van der Waals surface area (Å²) in [5.74, 6) is 0.0795. The minimum absolute atomic E-state index is 0.152. The maximum atomic E-state index is 12.6. The molecule has 0 spiro atoms. The normalized spacial score (nSPS) is 16.7. The highest BCUT2D eigenvalue weighted by atomic mass is 32.2. The summed E-state index contributed by atoms with van der Waals surface area (Å²) in [6, 6.07) is 12.9. The van der Waals surface area contributed by atoms with Crippen molar-refractivity contribution in [2.24, 2.45) is 0 Å². The van der Waals surface area contributed by atoms with Crippen molar-refractivity contribution in [3.05, 3.63) is 54.1 Å². The van der Waals surface area contributed by atoms with Gasteiger partial charge in [-0.1, -0.05) is 18.2 Å². The van der Waals surface area contributed by atoms with Crippen LogP contribution in [-0.4, -0.2) is 40.6 Å². The number of benzene rings is 2. The zero-order valence-corrected chi connectivity index (χ0v) is 15.9. The molecule has 1 atom stereocenters. The first-order chi connectivity index (χ1) is 13.0. The van der Waals surface area contributed by atoms with Gasteiger partial charge in [-0.2, -0.15) is 0 Å². The second kappa shape index (κ2) is 8.41. The van der Waals surface area contributed by atoms with Gasteiger partial charge in [0.05, 0.1) is 17.6 Å². The number of rotatable bonds is 7. The molecule has 1 unspecified atom stereocenters. The van der Waals surface area contributed by atoms with Crippen molar-refractivity contribution in [3.63, 3.8) is 0 Å². The highest BCUT2D eigenvalue weighted by molar-refractivity contribution is 7.92. The molecule has 1 heterocycles. The lowest BCUT2D eigenvalue weighted by Crippen LogP contribution is -2.37. The summed E-state index contributed by atoms with van der Waals surface area (Å²) >= 11 is 0. The summed E-state index contributed by atoms with van der Waals surface area (Å²) in [5.41, 5.74) is 0.576. The number of carbonyl (C=O) groups excluding carboxylic acids is 1. The Bertz CT molecular complexity index is 894. The first kappa shape index (κ1) is 19.2. The van der Waals surface area contributed by atoms with Gasteiger partial charge in [-0.25, -0.2) is 8.42 Å². The maximum Gasteiger partial charge on any atom is 0.261 e. The average Bonchev–Trinajstić information content (AvgIpc) is 3.20. The molecule has 1 fully saturated rings. The molecule has 2 aromatic carbocycles. The summed E-state index contributed by atoms with van der Waals surface area (Å²) < 4.78 is 32.7. The molecule has 0 saturated carbocycles. The Morgan fingerprint density at radius 2 is 2.00 bits per heavy atom. The Morgan fingerprint density at radius 1 is 1.22 bits per heavy atom. The maximum absolute atomic E-state index is 12.6. The van der Waals surface area contributed by atoms with Crippen LogP contribution in [0, 0.1) is 0 Å². The number of amides is 1. The molecular formula is C19H23N3O4S. The zero-order chi connectivity index (χ0) is 19.3. The number of nitrogens with one attached hydrogen (secondary N) is 3. The fraction of sp³-hybridized carbons (Fsp3) is 0.316. The largest absolute Gasteiger partial charge is 0.496 e. The van der Waals surface area contributed by atoms with E-state index in [0.717, 1.165) is 19.4 Å². The highest BCUT2D eigenvalue weighted by Crippen LogP contribution is 2.24. The summed E-state index contributed by atoms with van der Waals surface area (Å²) in [6.45, 7) is 1.47. The third-order valence-corrected chi connectivity index (χ3v) is 5.82. The molecule has 1 aliphatic heterocycles. The van der Waals surface area contributed by atoms with Crippen molar-refractivity contribution in [2.75, 3.05) is 24.9 Å².